The average molecular weight is 295 g/mol. The minimum atomic E-state index is -0.0643. The Labute approximate surface area is 124 Å². The standard InChI is InChI=1S/C15H21NO3S/c1-10(2)9-20-11(3)15(17)16-12-4-5-13-14(8-12)19-7-6-18-13/h4-5,8,10-11H,6-7,9H2,1-3H3,(H,16,17)/t11-/m0/s1. The highest BCUT2D eigenvalue weighted by atomic mass is 32.2. The van der Waals surface area contributed by atoms with Gasteiger partial charge in [0.15, 0.2) is 11.5 Å². The molecule has 1 aliphatic rings. The number of benzene rings is 1. The number of ether oxygens (including phenoxy) is 2. The Hall–Kier alpha value is -1.36. The van der Waals surface area contributed by atoms with Gasteiger partial charge in [0.1, 0.15) is 13.2 Å². The van der Waals surface area contributed by atoms with Gasteiger partial charge in [-0.3, -0.25) is 4.79 Å². The lowest BCUT2D eigenvalue weighted by Crippen LogP contribution is -2.23. The predicted molar refractivity (Wildman–Crippen MR) is 82.8 cm³/mol. The van der Waals surface area contributed by atoms with Crippen LogP contribution in [0.2, 0.25) is 0 Å². The summed E-state index contributed by atoms with van der Waals surface area (Å²) in [6.07, 6.45) is 0. The van der Waals surface area contributed by atoms with Crippen LogP contribution in [0.5, 0.6) is 11.5 Å². The maximum Gasteiger partial charge on any atom is 0.237 e. The van der Waals surface area contributed by atoms with Gasteiger partial charge in [0.25, 0.3) is 0 Å². The van der Waals surface area contributed by atoms with E-state index >= 15 is 0 Å². The second-order valence-corrected chi connectivity index (χ2v) is 6.59. The first kappa shape index (κ1) is 15.0. The summed E-state index contributed by atoms with van der Waals surface area (Å²) < 4.78 is 11.0. The first-order valence-corrected chi connectivity index (χ1v) is 7.93. The summed E-state index contributed by atoms with van der Waals surface area (Å²) in [5.41, 5.74) is 0.747. The quantitative estimate of drug-likeness (QED) is 0.906. The van der Waals surface area contributed by atoms with Crippen molar-refractivity contribution in [1.29, 1.82) is 0 Å². The molecule has 110 valence electrons. The number of amides is 1. The molecule has 1 aromatic rings. The molecule has 1 atom stereocenters. The van der Waals surface area contributed by atoms with Crippen molar-refractivity contribution >= 4 is 23.4 Å². The van der Waals surface area contributed by atoms with Crippen molar-refractivity contribution in [2.24, 2.45) is 5.92 Å². The van der Waals surface area contributed by atoms with E-state index in [1.54, 1.807) is 11.8 Å². The number of carbonyl (C=O) groups excluding carboxylic acids is 1. The third kappa shape index (κ3) is 4.07. The molecule has 1 amide bonds. The molecule has 5 heteroatoms. The molecule has 4 nitrogen and oxygen atoms in total. The number of fused-ring (bicyclic) bond motifs is 1. The van der Waals surface area contributed by atoms with Crippen LogP contribution < -0.4 is 14.8 Å². The molecule has 0 radical (unpaired) electrons. The fraction of sp³-hybridized carbons (Fsp3) is 0.533. The summed E-state index contributed by atoms with van der Waals surface area (Å²) >= 11 is 1.67. The monoisotopic (exact) mass is 295 g/mol. The van der Waals surface area contributed by atoms with Crippen LogP contribution >= 0.6 is 11.8 Å². The normalized spacial score (nSPS) is 15.0. The zero-order valence-corrected chi connectivity index (χ0v) is 13.0. The lowest BCUT2D eigenvalue weighted by Gasteiger charge is -2.19. The smallest absolute Gasteiger partial charge is 0.237 e. The van der Waals surface area contributed by atoms with Crippen molar-refractivity contribution in [2.45, 2.75) is 26.0 Å². The maximum absolute atomic E-state index is 12.1. The molecular formula is C15H21NO3S. The molecular weight excluding hydrogens is 274 g/mol. The molecule has 0 bridgehead atoms. The third-order valence-electron chi connectivity index (χ3n) is 2.86. The van der Waals surface area contributed by atoms with Crippen molar-refractivity contribution in [1.82, 2.24) is 0 Å². The molecule has 0 fully saturated rings. The molecule has 20 heavy (non-hydrogen) atoms. The molecule has 1 aliphatic heterocycles. The third-order valence-corrected chi connectivity index (χ3v) is 4.43. The van der Waals surface area contributed by atoms with E-state index in [2.05, 4.69) is 19.2 Å². The van der Waals surface area contributed by atoms with Crippen molar-refractivity contribution < 1.29 is 14.3 Å². The van der Waals surface area contributed by atoms with Gasteiger partial charge in [-0.15, -0.1) is 11.8 Å². The van der Waals surface area contributed by atoms with Gasteiger partial charge in [0.05, 0.1) is 5.25 Å². The van der Waals surface area contributed by atoms with Crippen LogP contribution in [0.15, 0.2) is 18.2 Å². The van der Waals surface area contributed by atoms with Gasteiger partial charge < -0.3 is 14.8 Å². The van der Waals surface area contributed by atoms with Gasteiger partial charge in [0.2, 0.25) is 5.91 Å². The number of anilines is 1. The minimum Gasteiger partial charge on any atom is -0.486 e. The number of thioether (sulfide) groups is 1. The molecule has 0 aliphatic carbocycles. The molecule has 0 saturated heterocycles. The van der Waals surface area contributed by atoms with E-state index in [4.69, 9.17) is 9.47 Å². The molecule has 1 heterocycles. The van der Waals surface area contributed by atoms with Crippen LogP contribution in [-0.4, -0.2) is 30.1 Å². The SMILES string of the molecule is CC(C)CS[C@@H](C)C(=O)Nc1ccc2c(c1)OCCO2. The Bertz CT molecular complexity index is 476. The number of rotatable bonds is 5. The number of hydrogen-bond donors (Lipinski definition) is 1. The minimum absolute atomic E-state index is 0.0207. The molecule has 1 aromatic carbocycles. The number of nitrogens with one attached hydrogen (secondary N) is 1. The predicted octanol–water partition coefficient (Wildman–Crippen LogP) is 3.17. The van der Waals surface area contributed by atoms with E-state index in [-0.39, 0.29) is 11.2 Å². The second kappa shape index (κ2) is 6.88. The van der Waals surface area contributed by atoms with Crippen LogP contribution in [0.4, 0.5) is 5.69 Å². The van der Waals surface area contributed by atoms with E-state index < -0.39 is 0 Å². The summed E-state index contributed by atoms with van der Waals surface area (Å²) in [6, 6.07) is 5.48. The van der Waals surface area contributed by atoms with Crippen molar-refractivity contribution in [3.8, 4) is 11.5 Å². The van der Waals surface area contributed by atoms with E-state index in [1.165, 1.54) is 0 Å². The van der Waals surface area contributed by atoms with E-state index in [1.807, 2.05) is 25.1 Å². The van der Waals surface area contributed by atoms with Crippen molar-refractivity contribution in [2.75, 3.05) is 24.3 Å². The summed E-state index contributed by atoms with van der Waals surface area (Å²) in [5, 5.41) is 2.86. The van der Waals surface area contributed by atoms with Gasteiger partial charge >= 0.3 is 0 Å². The van der Waals surface area contributed by atoms with Gasteiger partial charge in [0, 0.05) is 11.8 Å². The largest absolute Gasteiger partial charge is 0.486 e. The molecule has 1 N–H and O–H groups in total. The van der Waals surface area contributed by atoms with Crippen molar-refractivity contribution in [3.05, 3.63) is 18.2 Å². The van der Waals surface area contributed by atoms with E-state index in [9.17, 15) is 4.79 Å². The molecule has 0 aromatic heterocycles. The highest BCUT2D eigenvalue weighted by Crippen LogP contribution is 2.32. The Morgan fingerprint density at radius 3 is 2.65 bits per heavy atom. The molecule has 0 unspecified atom stereocenters. The van der Waals surface area contributed by atoms with Gasteiger partial charge in [-0.25, -0.2) is 0 Å². The highest BCUT2D eigenvalue weighted by Gasteiger charge is 2.16. The molecule has 0 spiro atoms. The summed E-state index contributed by atoms with van der Waals surface area (Å²) in [5.74, 6) is 3.01. The Balaban J connectivity index is 1.94. The average Bonchev–Trinajstić information content (AvgIpc) is 2.44. The van der Waals surface area contributed by atoms with Gasteiger partial charge in [-0.1, -0.05) is 13.8 Å². The lowest BCUT2D eigenvalue weighted by atomic mass is 10.2. The highest BCUT2D eigenvalue weighted by molar-refractivity contribution is 8.00. The second-order valence-electron chi connectivity index (χ2n) is 5.22. The van der Waals surface area contributed by atoms with Crippen LogP contribution in [0.25, 0.3) is 0 Å². The van der Waals surface area contributed by atoms with Crippen LogP contribution in [0, 0.1) is 5.92 Å². The zero-order chi connectivity index (χ0) is 14.5. The fourth-order valence-corrected chi connectivity index (χ4v) is 2.66. The summed E-state index contributed by atoms with van der Waals surface area (Å²) in [7, 11) is 0. The maximum atomic E-state index is 12.1. The first-order valence-electron chi connectivity index (χ1n) is 6.88. The Morgan fingerprint density at radius 2 is 1.95 bits per heavy atom. The van der Waals surface area contributed by atoms with Gasteiger partial charge in [-0.05, 0) is 30.7 Å². The number of carbonyl (C=O) groups is 1. The topological polar surface area (TPSA) is 47.6 Å². The fourth-order valence-electron chi connectivity index (χ4n) is 1.78. The summed E-state index contributed by atoms with van der Waals surface area (Å²) in [4.78, 5) is 12.1. The lowest BCUT2D eigenvalue weighted by molar-refractivity contribution is -0.115. The zero-order valence-electron chi connectivity index (χ0n) is 12.1. The van der Waals surface area contributed by atoms with Crippen molar-refractivity contribution in [3.63, 3.8) is 0 Å². The van der Waals surface area contributed by atoms with Crippen LogP contribution in [-0.2, 0) is 4.79 Å². The Kier molecular flexibility index (Phi) is 5.17. The molecule has 0 saturated carbocycles. The first-order chi connectivity index (χ1) is 9.56. The Morgan fingerprint density at radius 1 is 1.25 bits per heavy atom. The van der Waals surface area contributed by atoms with Gasteiger partial charge in [-0.2, -0.15) is 0 Å². The van der Waals surface area contributed by atoms with E-state index in [0.29, 0.717) is 24.9 Å². The van der Waals surface area contributed by atoms with Crippen LogP contribution in [0.1, 0.15) is 20.8 Å². The van der Waals surface area contributed by atoms with Crippen LogP contribution in [0.3, 0.4) is 0 Å². The molecule has 2 rings (SSSR count). The van der Waals surface area contributed by atoms with E-state index in [0.717, 1.165) is 17.2 Å². The number of hydrogen-bond acceptors (Lipinski definition) is 4. The summed E-state index contributed by atoms with van der Waals surface area (Å²) in [6.45, 7) is 7.35.